The molecule has 8 bridgehead atoms. The molecule has 2 aliphatic heterocycles. The van der Waals surface area contributed by atoms with Crippen LogP contribution in [0, 0.1) is 0 Å². The van der Waals surface area contributed by atoms with Gasteiger partial charge in [0.25, 0.3) is 0 Å². The molecule has 0 atom stereocenters. The molecule has 0 fully saturated rings. The van der Waals surface area contributed by atoms with Crippen molar-refractivity contribution in [1.29, 1.82) is 0 Å². The molecule has 0 saturated heterocycles. The molecule has 8 heterocycles. The predicted octanol–water partition coefficient (Wildman–Crippen LogP) is -1.19. The Morgan fingerprint density at radius 3 is 0.889 bits per heavy atom. The Morgan fingerprint density at radius 2 is 0.611 bits per heavy atom. The van der Waals surface area contributed by atoms with E-state index in [1.165, 1.54) is 0 Å². The van der Waals surface area contributed by atoms with Gasteiger partial charge in [0.05, 0.1) is 22.8 Å². The van der Waals surface area contributed by atoms with Crippen molar-refractivity contribution >= 4 is 46.4 Å². The minimum atomic E-state index is 0. The summed E-state index contributed by atoms with van der Waals surface area (Å²) in [7, 11) is 6.11. The molecule has 54 heavy (non-hydrogen) atoms. The van der Waals surface area contributed by atoms with Gasteiger partial charge < -0.3 is 81.9 Å². The van der Waals surface area contributed by atoms with Crippen LogP contribution >= 0.6 is 0 Å². The second kappa shape index (κ2) is 16.4. The van der Waals surface area contributed by atoms with Gasteiger partial charge in [-0.15, -0.1) is 0 Å². The highest BCUT2D eigenvalue weighted by Gasteiger charge is 2.19. The summed E-state index contributed by atoms with van der Waals surface area (Å²) < 4.78 is 6.15. The zero-order valence-electron chi connectivity index (χ0n) is 29.8. The number of nitrogens with zero attached hydrogens (tertiary/aromatic N) is 5. The van der Waals surface area contributed by atoms with Gasteiger partial charge in [-0.1, -0.05) is 30.3 Å². The Labute approximate surface area is 365 Å². The van der Waals surface area contributed by atoms with Crippen LogP contribution in [0.5, 0.6) is 0 Å². The Balaban J connectivity index is 0.00000166. The number of H-pyrrole nitrogens is 2. The van der Waals surface area contributed by atoms with Gasteiger partial charge in [0.1, 0.15) is 21.1 Å². The summed E-state index contributed by atoms with van der Waals surface area (Å²) in [5, 5.41) is 0. The zero-order chi connectivity index (χ0) is 34.5. The van der Waals surface area contributed by atoms with Gasteiger partial charge in [0.2, 0.25) is 0 Å². The molecule has 9 rings (SSSR count). The van der Waals surface area contributed by atoms with Crippen LogP contribution in [0.1, 0.15) is 22.8 Å². The Hall–Kier alpha value is -4.54. The molecule has 0 spiro atoms. The molecule has 0 unspecified atom stereocenters. The van der Waals surface area contributed by atoms with E-state index in [1.807, 2.05) is 40.9 Å². The highest BCUT2D eigenvalue weighted by Crippen LogP contribution is 2.37. The molecular formula is C44H36I3N7. The molecule has 1 aromatic carbocycles. The molecule has 7 nitrogen and oxygen atoms in total. The van der Waals surface area contributed by atoms with Crippen LogP contribution in [-0.2, 0) is 21.1 Å². The molecule has 268 valence electrons. The quantitative estimate of drug-likeness (QED) is 0.172. The number of hydrogen-bond donors (Lipinski definition) is 2. The normalized spacial score (nSPS) is 11.4. The highest BCUT2D eigenvalue weighted by atomic mass is 127. The van der Waals surface area contributed by atoms with Gasteiger partial charge in [-0.2, -0.15) is 0 Å². The van der Waals surface area contributed by atoms with Crippen LogP contribution < -0.4 is 85.6 Å². The number of pyridine rings is 3. The maximum atomic E-state index is 5.39. The van der Waals surface area contributed by atoms with Crippen molar-refractivity contribution in [2.75, 3.05) is 0 Å². The van der Waals surface area contributed by atoms with Gasteiger partial charge in [-0.05, 0) is 70.8 Å². The largest absolute Gasteiger partial charge is 1.00 e. The fourth-order valence-corrected chi connectivity index (χ4v) is 7.03. The number of benzene rings is 1. The van der Waals surface area contributed by atoms with Crippen molar-refractivity contribution in [3.8, 4) is 44.5 Å². The maximum absolute atomic E-state index is 5.39. The topological polar surface area (TPSA) is 69.0 Å². The first-order valence-corrected chi connectivity index (χ1v) is 17.1. The van der Waals surface area contributed by atoms with E-state index in [1.54, 1.807) is 0 Å². The van der Waals surface area contributed by atoms with Crippen molar-refractivity contribution in [2.24, 2.45) is 21.1 Å². The van der Waals surface area contributed by atoms with E-state index in [0.29, 0.717) is 0 Å². The first-order chi connectivity index (χ1) is 25.0. The van der Waals surface area contributed by atoms with Crippen LogP contribution in [0.15, 0.2) is 128 Å². The lowest BCUT2D eigenvalue weighted by molar-refractivity contribution is -0.671. The van der Waals surface area contributed by atoms with Crippen molar-refractivity contribution in [2.45, 2.75) is 0 Å². The summed E-state index contributed by atoms with van der Waals surface area (Å²) in [5.74, 6) is 0. The maximum Gasteiger partial charge on any atom is 0.169 e. The lowest BCUT2D eigenvalue weighted by atomic mass is 10.0. The van der Waals surface area contributed by atoms with E-state index in [9.17, 15) is 0 Å². The van der Waals surface area contributed by atoms with Crippen LogP contribution in [0.4, 0.5) is 0 Å². The zero-order valence-corrected chi connectivity index (χ0v) is 36.3. The minimum Gasteiger partial charge on any atom is -1.00 e. The Morgan fingerprint density at radius 1 is 0.352 bits per heavy atom. The van der Waals surface area contributed by atoms with Crippen molar-refractivity contribution < 1.29 is 85.6 Å². The fraction of sp³-hybridized carbons (Fsp3) is 0.0682. The SMILES string of the molecule is C[n+]1ccc(-c2c3nc(c(-c4cc[n+](C)cc4)c4ccc([nH]4)c(-c4cc[n+](C)cc4)c4nc(c(-c5ccccc5)c5ccc2[nH]5)C=C4)C=C3)cc1.[I-].[I-].[I-]. The molecule has 0 amide bonds. The smallest absolute Gasteiger partial charge is 0.169 e. The van der Waals surface area contributed by atoms with E-state index in [2.05, 4.69) is 156 Å². The number of rotatable bonds is 4. The van der Waals surface area contributed by atoms with E-state index in [0.717, 1.165) is 89.4 Å². The van der Waals surface area contributed by atoms with Crippen LogP contribution in [0.2, 0.25) is 0 Å². The van der Waals surface area contributed by atoms with Gasteiger partial charge in [-0.25, -0.2) is 23.7 Å². The molecule has 0 aliphatic carbocycles. The third-order valence-electron chi connectivity index (χ3n) is 9.62. The molecular weight excluding hydrogens is 1010 g/mol. The summed E-state index contributed by atoms with van der Waals surface area (Å²) in [6, 6.07) is 32.0. The molecule has 0 radical (unpaired) electrons. The first kappa shape index (κ1) is 39.2. The number of nitrogens with one attached hydrogen (secondary N) is 2. The summed E-state index contributed by atoms with van der Waals surface area (Å²) >= 11 is 0. The summed E-state index contributed by atoms with van der Waals surface area (Å²) in [6.07, 6.45) is 21.0. The van der Waals surface area contributed by atoms with Gasteiger partial charge >= 0.3 is 0 Å². The number of aromatic amines is 2. The van der Waals surface area contributed by atoms with E-state index in [-0.39, 0.29) is 71.9 Å². The fourth-order valence-electron chi connectivity index (χ4n) is 7.03. The van der Waals surface area contributed by atoms with Crippen LogP contribution in [0.3, 0.4) is 0 Å². The van der Waals surface area contributed by atoms with E-state index >= 15 is 0 Å². The second-order valence-electron chi connectivity index (χ2n) is 13.1. The molecule has 6 aromatic heterocycles. The third-order valence-corrected chi connectivity index (χ3v) is 9.62. The van der Waals surface area contributed by atoms with Gasteiger partial charge in [-0.3, -0.25) is 0 Å². The first-order valence-electron chi connectivity index (χ1n) is 17.1. The average Bonchev–Trinajstić information content (AvgIpc) is 3.99. The van der Waals surface area contributed by atoms with E-state index in [4.69, 9.17) is 9.97 Å². The Kier molecular flexibility index (Phi) is 11.9. The van der Waals surface area contributed by atoms with Crippen molar-refractivity contribution in [1.82, 2.24) is 19.9 Å². The number of aromatic nitrogens is 7. The molecule has 2 N–H and O–H groups in total. The lowest BCUT2D eigenvalue weighted by Gasteiger charge is -2.06. The second-order valence-corrected chi connectivity index (χ2v) is 13.1. The van der Waals surface area contributed by atoms with Gasteiger partial charge in [0.15, 0.2) is 37.2 Å². The number of fused-ring (bicyclic) bond motifs is 8. The highest BCUT2D eigenvalue weighted by molar-refractivity contribution is 5.99. The molecule has 7 aromatic rings. The average molecular weight is 1040 g/mol. The number of halogens is 3. The minimum absolute atomic E-state index is 0. The Bertz CT molecular complexity index is 2650. The summed E-state index contributed by atoms with van der Waals surface area (Å²) in [5.41, 5.74) is 15.9. The van der Waals surface area contributed by atoms with Crippen LogP contribution in [0.25, 0.3) is 90.9 Å². The van der Waals surface area contributed by atoms with Gasteiger partial charge in [0, 0.05) is 80.7 Å². The van der Waals surface area contributed by atoms with Crippen molar-refractivity contribution in [3.63, 3.8) is 0 Å². The standard InChI is InChI=1S/C44H35N7.3HI/c1-49-23-17-30(18-24-49)42-35-11-9-33(45-35)41(29-7-5-4-6-8-29)34-10-12-36(46-34)43(31-19-25-50(2)26-20-31)38-14-16-40(48-38)44(39-15-13-37(42)47-39)32-21-27-51(3)28-22-32;;;/h4-28H,1-3H3,(H,45,46,47,48);3*1H/q+2;;;/p-2. The molecule has 10 heteroatoms. The van der Waals surface area contributed by atoms with E-state index < -0.39 is 0 Å². The van der Waals surface area contributed by atoms with Crippen molar-refractivity contribution in [3.05, 3.63) is 151 Å². The molecule has 0 saturated carbocycles. The third kappa shape index (κ3) is 7.43. The molecule has 2 aliphatic rings. The number of aryl methyl sites for hydroxylation is 3. The lowest BCUT2D eigenvalue weighted by Crippen LogP contribution is -3.00. The number of hydrogen-bond acceptors (Lipinski definition) is 2. The monoisotopic (exact) mass is 1040 g/mol. The predicted molar refractivity (Wildman–Crippen MR) is 204 cm³/mol. The van der Waals surface area contributed by atoms with Crippen LogP contribution in [-0.4, -0.2) is 19.9 Å². The summed E-state index contributed by atoms with van der Waals surface area (Å²) in [6.45, 7) is 0. The summed E-state index contributed by atoms with van der Waals surface area (Å²) in [4.78, 5) is 18.4.